The smallest absolute Gasteiger partial charge is 0.00745 e. The van der Waals surface area contributed by atoms with Gasteiger partial charge in [0.1, 0.15) is 0 Å². The maximum Gasteiger partial charge on any atom is 0.00745 e. The van der Waals surface area contributed by atoms with Gasteiger partial charge in [0.05, 0.1) is 0 Å². The van der Waals surface area contributed by atoms with E-state index in [1.54, 1.807) is 0 Å². The first-order valence-electron chi connectivity index (χ1n) is 6.59. The summed E-state index contributed by atoms with van der Waals surface area (Å²) in [6.45, 7) is 9.87. The van der Waals surface area contributed by atoms with Crippen LogP contribution in [0.5, 0.6) is 0 Å². The molecule has 0 spiro atoms. The van der Waals surface area contributed by atoms with Crippen LogP contribution in [0.1, 0.15) is 59.3 Å². The molecular weight excluding hydrogens is 184 g/mol. The Morgan fingerprint density at radius 3 is 2.27 bits per heavy atom. The van der Waals surface area contributed by atoms with E-state index in [1.807, 2.05) is 0 Å². The zero-order valence-corrected chi connectivity index (χ0v) is 10.9. The van der Waals surface area contributed by atoms with E-state index in [0.29, 0.717) is 5.41 Å². The quantitative estimate of drug-likeness (QED) is 0.549. The number of nitrogens with one attached hydrogen (secondary N) is 1. The van der Waals surface area contributed by atoms with E-state index in [9.17, 15) is 0 Å². The van der Waals surface area contributed by atoms with Crippen LogP contribution in [-0.2, 0) is 0 Å². The van der Waals surface area contributed by atoms with E-state index in [1.165, 1.54) is 38.5 Å². The fourth-order valence-electron chi connectivity index (χ4n) is 1.95. The summed E-state index contributed by atoms with van der Waals surface area (Å²) in [5.74, 6) is 0. The van der Waals surface area contributed by atoms with Crippen molar-refractivity contribution in [3.05, 3.63) is 0 Å². The summed E-state index contributed by atoms with van der Waals surface area (Å²) < 4.78 is 0. The van der Waals surface area contributed by atoms with E-state index in [-0.39, 0.29) is 0 Å². The molecule has 0 amide bonds. The van der Waals surface area contributed by atoms with Crippen molar-refractivity contribution >= 4 is 0 Å². The van der Waals surface area contributed by atoms with Crippen LogP contribution < -0.4 is 11.1 Å². The van der Waals surface area contributed by atoms with Gasteiger partial charge in [0, 0.05) is 13.1 Å². The fourth-order valence-corrected chi connectivity index (χ4v) is 1.95. The lowest BCUT2D eigenvalue weighted by molar-refractivity contribution is 0.246. The molecule has 0 saturated carbocycles. The molecule has 92 valence electrons. The number of hydrogen-bond donors (Lipinski definition) is 2. The average Bonchev–Trinajstić information content (AvgIpc) is 2.26. The van der Waals surface area contributed by atoms with Gasteiger partial charge in [-0.15, -0.1) is 0 Å². The minimum atomic E-state index is 0.570. The summed E-state index contributed by atoms with van der Waals surface area (Å²) in [7, 11) is 0. The molecule has 3 N–H and O–H groups in total. The van der Waals surface area contributed by atoms with Gasteiger partial charge >= 0.3 is 0 Å². The number of hydrogen-bond acceptors (Lipinski definition) is 2. The van der Waals surface area contributed by atoms with Crippen molar-refractivity contribution in [2.45, 2.75) is 59.3 Å². The van der Waals surface area contributed by atoms with Crippen molar-refractivity contribution in [1.82, 2.24) is 5.32 Å². The standard InChI is InChI=1S/C13H30N2/c1-4-6-8-13(3,5-2)9-7-11-15-12-10-14/h15H,4-12,14H2,1-3H3. The van der Waals surface area contributed by atoms with Crippen LogP contribution in [-0.4, -0.2) is 19.6 Å². The minimum absolute atomic E-state index is 0.570. The molecule has 15 heavy (non-hydrogen) atoms. The molecule has 0 aliphatic rings. The minimum Gasteiger partial charge on any atom is -0.329 e. The molecule has 0 radical (unpaired) electrons. The van der Waals surface area contributed by atoms with Crippen LogP contribution in [0, 0.1) is 5.41 Å². The van der Waals surface area contributed by atoms with E-state index in [4.69, 9.17) is 5.73 Å². The van der Waals surface area contributed by atoms with E-state index < -0.39 is 0 Å². The zero-order chi connectivity index (χ0) is 11.6. The summed E-state index contributed by atoms with van der Waals surface area (Å²) in [5, 5.41) is 3.36. The van der Waals surface area contributed by atoms with Gasteiger partial charge in [-0.05, 0) is 31.2 Å². The Bertz CT molecular complexity index is 136. The van der Waals surface area contributed by atoms with Gasteiger partial charge < -0.3 is 11.1 Å². The maximum absolute atomic E-state index is 5.43. The lowest BCUT2D eigenvalue weighted by Crippen LogP contribution is -2.25. The highest BCUT2D eigenvalue weighted by Gasteiger charge is 2.20. The van der Waals surface area contributed by atoms with Crippen molar-refractivity contribution in [2.75, 3.05) is 19.6 Å². The fraction of sp³-hybridized carbons (Fsp3) is 1.00. The van der Waals surface area contributed by atoms with Crippen LogP contribution in [0.3, 0.4) is 0 Å². The van der Waals surface area contributed by atoms with Gasteiger partial charge in [-0.1, -0.05) is 40.0 Å². The summed E-state index contributed by atoms with van der Waals surface area (Å²) in [6.07, 6.45) is 8.03. The average molecular weight is 214 g/mol. The topological polar surface area (TPSA) is 38.0 Å². The molecule has 0 aromatic carbocycles. The van der Waals surface area contributed by atoms with Gasteiger partial charge in [0.2, 0.25) is 0 Å². The molecule has 0 bridgehead atoms. The highest BCUT2D eigenvalue weighted by atomic mass is 14.9. The SMILES string of the molecule is CCCCC(C)(CC)CCCNCCN. The first-order valence-corrected chi connectivity index (χ1v) is 6.59. The summed E-state index contributed by atoms with van der Waals surface area (Å²) >= 11 is 0. The molecule has 0 aromatic heterocycles. The second-order valence-corrected chi connectivity index (χ2v) is 4.91. The van der Waals surface area contributed by atoms with Crippen LogP contribution in [0.15, 0.2) is 0 Å². The molecule has 0 aliphatic carbocycles. The molecule has 0 saturated heterocycles. The Morgan fingerprint density at radius 2 is 1.73 bits per heavy atom. The largest absolute Gasteiger partial charge is 0.329 e. The molecule has 0 fully saturated rings. The van der Waals surface area contributed by atoms with Gasteiger partial charge in [-0.2, -0.15) is 0 Å². The summed E-state index contributed by atoms with van der Waals surface area (Å²) in [5.41, 5.74) is 6.00. The predicted molar refractivity (Wildman–Crippen MR) is 69.1 cm³/mol. The third-order valence-corrected chi connectivity index (χ3v) is 3.44. The van der Waals surface area contributed by atoms with Crippen LogP contribution >= 0.6 is 0 Å². The molecule has 0 aliphatic heterocycles. The molecule has 1 atom stereocenters. The molecule has 2 heteroatoms. The first kappa shape index (κ1) is 14.9. The lowest BCUT2D eigenvalue weighted by Gasteiger charge is -2.28. The third kappa shape index (κ3) is 7.80. The normalized spacial score (nSPS) is 15.2. The van der Waals surface area contributed by atoms with Gasteiger partial charge in [-0.25, -0.2) is 0 Å². The van der Waals surface area contributed by atoms with Crippen LogP contribution in [0.2, 0.25) is 0 Å². The molecular formula is C13H30N2. The number of nitrogens with two attached hydrogens (primary N) is 1. The lowest BCUT2D eigenvalue weighted by atomic mass is 9.78. The second-order valence-electron chi connectivity index (χ2n) is 4.91. The summed E-state index contributed by atoms with van der Waals surface area (Å²) in [6, 6.07) is 0. The third-order valence-electron chi connectivity index (χ3n) is 3.44. The Hall–Kier alpha value is -0.0800. The second kappa shape index (κ2) is 9.17. The van der Waals surface area contributed by atoms with E-state index in [2.05, 4.69) is 26.1 Å². The van der Waals surface area contributed by atoms with Gasteiger partial charge in [0.15, 0.2) is 0 Å². The molecule has 0 rings (SSSR count). The molecule has 2 nitrogen and oxygen atoms in total. The highest BCUT2D eigenvalue weighted by Crippen LogP contribution is 2.32. The monoisotopic (exact) mass is 214 g/mol. The Labute approximate surface area is 96.0 Å². The zero-order valence-electron chi connectivity index (χ0n) is 10.9. The van der Waals surface area contributed by atoms with Gasteiger partial charge in [-0.3, -0.25) is 0 Å². The van der Waals surface area contributed by atoms with Crippen LogP contribution in [0.25, 0.3) is 0 Å². The first-order chi connectivity index (χ1) is 7.18. The van der Waals surface area contributed by atoms with Crippen molar-refractivity contribution < 1.29 is 0 Å². The van der Waals surface area contributed by atoms with E-state index >= 15 is 0 Å². The van der Waals surface area contributed by atoms with Gasteiger partial charge in [0.25, 0.3) is 0 Å². The molecule has 0 heterocycles. The van der Waals surface area contributed by atoms with Crippen molar-refractivity contribution in [3.8, 4) is 0 Å². The Kier molecular flexibility index (Phi) is 9.12. The van der Waals surface area contributed by atoms with Crippen molar-refractivity contribution in [3.63, 3.8) is 0 Å². The predicted octanol–water partition coefficient (Wildman–Crippen LogP) is 2.92. The Morgan fingerprint density at radius 1 is 1.07 bits per heavy atom. The number of unbranched alkanes of at least 4 members (excludes halogenated alkanes) is 1. The van der Waals surface area contributed by atoms with Crippen LogP contribution in [0.4, 0.5) is 0 Å². The van der Waals surface area contributed by atoms with Crippen molar-refractivity contribution in [1.29, 1.82) is 0 Å². The molecule has 1 unspecified atom stereocenters. The maximum atomic E-state index is 5.43. The molecule has 0 aromatic rings. The highest BCUT2D eigenvalue weighted by molar-refractivity contribution is 4.72. The number of rotatable bonds is 10. The summed E-state index contributed by atoms with van der Waals surface area (Å²) in [4.78, 5) is 0. The van der Waals surface area contributed by atoms with E-state index in [0.717, 1.165) is 19.6 Å². The van der Waals surface area contributed by atoms with Crippen molar-refractivity contribution in [2.24, 2.45) is 11.1 Å². The Balaban J connectivity index is 3.58.